The van der Waals surface area contributed by atoms with Crippen LogP contribution in [0.25, 0.3) is 5.70 Å². The van der Waals surface area contributed by atoms with E-state index in [-0.39, 0.29) is 0 Å². The molecule has 2 aromatic rings. The number of nitrogens with two attached hydrogens (primary N) is 1. The zero-order valence-corrected chi connectivity index (χ0v) is 16.0. The molecule has 0 saturated heterocycles. The molecule has 2 aromatic carbocycles. The van der Waals surface area contributed by atoms with E-state index in [1.165, 1.54) is 19.3 Å². The van der Waals surface area contributed by atoms with Crippen molar-refractivity contribution in [2.24, 2.45) is 4.99 Å². The zero-order chi connectivity index (χ0) is 19.2. The number of rotatable bonds is 5. The Bertz CT molecular complexity index is 854. The number of para-hydroxylation sites is 1. The molecule has 0 atom stereocenters. The molecule has 27 heavy (non-hydrogen) atoms. The lowest BCUT2D eigenvalue weighted by atomic mass is 10.1. The highest BCUT2D eigenvalue weighted by Gasteiger charge is 2.21. The largest absolute Gasteiger partial charge is 0.494 e. The van der Waals surface area contributed by atoms with Gasteiger partial charge in [-0.2, -0.15) is 0 Å². The van der Waals surface area contributed by atoms with Gasteiger partial charge in [0.15, 0.2) is 0 Å². The molecule has 0 radical (unpaired) electrons. The molecule has 1 saturated carbocycles. The van der Waals surface area contributed by atoms with Gasteiger partial charge in [0.1, 0.15) is 23.0 Å². The van der Waals surface area contributed by atoms with E-state index < -0.39 is 0 Å². The Morgan fingerprint density at radius 1 is 1.11 bits per heavy atom. The van der Waals surface area contributed by atoms with E-state index in [2.05, 4.69) is 18.8 Å². The molecule has 2 aliphatic rings. The van der Waals surface area contributed by atoms with Gasteiger partial charge in [-0.05, 0) is 30.7 Å². The standard InChI is InChI=1S/C19H21N3O2.C3H6/c1-4-10-24-16-9-8-13(20)11-15(16)19-21-12(2)14-6-5-7-17(23-3)18(14)22-19;1-2-3-1/h5-9,11H,2,4,10,20H2,1,3H3,(H,21,22);1-3H2. The topological polar surface area (TPSA) is 68.9 Å². The van der Waals surface area contributed by atoms with Crippen LogP contribution in [-0.2, 0) is 0 Å². The summed E-state index contributed by atoms with van der Waals surface area (Å²) in [6.45, 7) is 6.80. The van der Waals surface area contributed by atoms with Gasteiger partial charge in [0, 0.05) is 16.9 Å². The SMILES string of the molecule is C1CC1.C=C1NC(c2cc(N)ccc2OCCC)=Nc2c(OC)cccc21. The average molecular weight is 365 g/mol. The van der Waals surface area contributed by atoms with Gasteiger partial charge in [0.2, 0.25) is 0 Å². The molecule has 0 unspecified atom stereocenters. The van der Waals surface area contributed by atoms with Crippen LogP contribution in [0.1, 0.15) is 43.7 Å². The lowest BCUT2D eigenvalue weighted by molar-refractivity contribution is 0.317. The lowest BCUT2D eigenvalue weighted by Gasteiger charge is -2.23. The van der Waals surface area contributed by atoms with E-state index in [1.807, 2.05) is 36.4 Å². The maximum absolute atomic E-state index is 5.96. The summed E-state index contributed by atoms with van der Waals surface area (Å²) in [5.74, 6) is 2.09. The number of methoxy groups -OCH3 is 1. The van der Waals surface area contributed by atoms with Crippen molar-refractivity contribution in [3.8, 4) is 11.5 Å². The van der Waals surface area contributed by atoms with E-state index in [0.717, 1.165) is 34.7 Å². The molecule has 5 nitrogen and oxygen atoms in total. The molecule has 142 valence electrons. The summed E-state index contributed by atoms with van der Waals surface area (Å²) in [7, 11) is 1.63. The van der Waals surface area contributed by atoms with Crippen LogP contribution in [0.4, 0.5) is 11.4 Å². The van der Waals surface area contributed by atoms with Crippen LogP contribution in [0.5, 0.6) is 11.5 Å². The Balaban J connectivity index is 0.000000637. The first kappa shape index (κ1) is 18.8. The normalized spacial score (nSPS) is 14.1. The van der Waals surface area contributed by atoms with Crippen molar-refractivity contribution in [3.05, 3.63) is 54.1 Å². The predicted molar refractivity (Wildman–Crippen MR) is 112 cm³/mol. The van der Waals surface area contributed by atoms with Crippen molar-refractivity contribution in [3.63, 3.8) is 0 Å². The summed E-state index contributed by atoms with van der Waals surface area (Å²) >= 11 is 0. The van der Waals surface area contributed by atoms with Gasteiger partial charge >= 0.3 is 0 Å². The number of nitrogens with one attached hydrogen (secondary N) is 1. The monoisotopic (exact) mass is 365 g/mol. The Labute approximate surface area is 160 Å². The highest BCUT2D eigenvalue weighted by atomic mass is 16.5. The number of fused-ring (bicyclic) bond motifs is 1. The highest BCUT2D eigenvalue weighted by Crippen LogP contribution is 2.38. The van der Waals surface area contributed by atoms with Gasteiger partial charge in [0.05, 0.1) is 19.3 Å². The highest BCUT2D eigenvalue weighted by molar-refractivity contribution is 6.10. The third-order valence-electron chi connectivity index (χ3n) is 4.11. The van der Waals surface area contributed by atoms with Crippen LogP contribution in [0.2, 0.25) is 0 Å². The minimum absolute atomic E-state index is 0.630. The Kier molecular flexibility index (Phi) is 6.01. The van der Waals surface area contributed by atoms with Crippen molar-refractivity contribution in [1.29, 1.82) is 0 Å². The third kappa shape index (κ3) is 4.61. The number of nitrogens with zero attached hydrogens (tertiary/aromatic N) is 1. The number of benzene rings is 2. The predicted octanol–water partition coefficient (Wildman–Crippen LogP) is 4.89. The second-order valence-corrected chi connectivity index (χ2v) is 6.59. The maximum Gasteiger partial charge on any atom is 0.145 e. The third-order valence-corrected chi connectivity index (χ3v) is 4.11. The number of ether oxygens (including phenoxy) is 2. The molecule has 0 bridgehead atoms. The van der Waals surface area contributed by atoms with Crippen molar-refractivity contribution in [2.45, 2.75) is 32.6 Å². The number of hydrogen-bond donors (Lipinski definition) is 2. The van der Waals surface area contributed by atoms with Crippen molar-refractivity contribution >= 4 is 22.9 Å². The molecule has 0 spiro atoms. The second-order valence-electron chi connectivity index (χ2n) is 6.59. The Morgan fingerprint density at radius 3 is 2.56 bits per heavy atom. The van der Waals surface area contributed by atoms with Crippen LogP contribution >= 0.6 is 0 Å². The summed E-state index contributed by atoms with van der Waals surface area (Å²) in [5.41, 5.74) is 9.85. The van der Waals surface area contributed by atoms with E-state index in [1.54, 1.807) is 7.11 Å². The summed E-state index contributed by atoms with van der Waals surface area (Å²) in [6, 6.07) is 11.3. The Morgan fingerprint density at radius 2 is 1.89 bits per heavy atom. The van der Waals surface area contributed by atoms with Gasteiger partial charge in [-0.1, -0.05) is 44.9 Å². The minimum Gasteiger partial charge on any atom is -0.494 e. The van der Waals surface area contributed by atoms with Gasteiger partial charge in [-0.3, -0.25) is 0 Å². The van der Waals surface area contributed by atoms with Gasteiger partial charge in [-0.15, -0.1) is 0 Å². The molecule has 1 heterocycles. The lowest BCUT2D eigenvalue weighted by Crippen LogP contribution is -2.26. The van der Waals surface area contributed by atoms with E-state index in [9.17, 15) is 0 Å². The summed E-state index contributed by atoms with van der Waals surface area (Å²) in [4.78, 5) is 4.73. The summed E-state index contributed by atoms with van der Waals surface area (Å²) in [6.07, 6.45) is 5.42. The van der Waals surface area contributed by atoms with Gasteiger partial charge < -0.3 is 20.5 Å². The number of aliphatic imine (C=N–C) groups is 1. The maximum atomic E-state index is 5.96. The number of amidine groups is 1. The quantitative estimate of drug-likeness (QED) is 0.740. The number of nitrogen functional groups attached to an aromatic ring is 1. The first-order chi connectivity index (χ1) is 13.1. The molecule has 5 heteroatoms. The number of hydrogen-bond acceptors (Lipinski definition) is 5. The van der Waals surface area contributed by atoms with Crippen LogP contribution < -0.4 is 20.5 Å². The molecule has 0 aromatic heterocycles. The van der Waals surface area contributed by atoms with E-state index in [4.69, 9.17) is 20.2 Å². The minimum atomic E-state index is 0.630. The van der Waals surface area contributed by atoms with Crippen LogP contribution in [0.3, 0.4) is 0 Å². The first-order valence-corrected chi connectivity index (χ1v) is 9.38. The zero-order valence-electron chi connectivity index (χ0n) is 16.0. The van der Waals surface area contributed by atoms with Gasteiger partial charge in [-0.25, -0.2) is 4.99 Å². The van der Waals surface area contributed by atoms with Gasteiger partial charge in [0.25, 0.3) is 0 Å². The molecule has 1 aliphatic heterocycles. The van der Waals surface area contributed by atoms with Crippen LogP contribution in [0, 0.1) is 0 Å². The Hall–Kier alpha value is -2.95. The molecule has 0 amide bonds. The average Bonchev–Trinajstić information content (AvgIpc) is 3.56. The van der Waals surface area contributed by atoms with E-state index in [0.29, 0.717) is 23.9 Å². The van der Waals surface area contributed by atoms with Crippen molar-refractivity contribution < 1.29 is 9.47 Å². The van der Waals surface area contributed by atoms with Crippen molar-refractivity contribution in [1.82, 2.24) is 5.32 Å². The van der Waals surface area contributed by atoms with Crippen molar-refractivity contribution in [2.75, 3.05) is 19.5 Å². The fourth-order valence-electron chi connectivity index (χ4n) is 2.59. The molecule has 4 rings (SSSR count). The fraction of sp³-hybridized carbons (Fsp3) is 0.318. The first-order valence-electron chi connectivity index (χ1n) is 9.38. The van der Waals surface area contributed by atoms with E-state index >= 15 is 0 Å². The summed E-state index contributed by atoms with van der Waals surface area (Å²) in [5, 5.41) is 3.25. The fourth-order valence-corrected chi connectivity index (χ4v) is 2.59. The molecular weight excluding hydrogens is 338 g/mol. The molecule has 1 aliphatic carbocycles. The molecule has 1 fully saturated rings. The smallest absolute Gasteiger partial charge is 0.145 e. The summed E-state index contributed by atoms with van der Waals surface area (Å²) < 4.78 is 11.3. The van der Waals surface area contributed by atoms with Crippen LogP contribution in [0.15, 0.2) is 48.0 Å². The van der Waals surface area contributed by atoms with Crippen LogP contribution in [-0.4, -0.2) is 19.6 Å². The molecular formula is C22H27N3O2. The molecule has 3 N–H and O–H groups in total. The number of anilines is 1. The second kappa shape index (κ2) is 8.62.